The van der Waals surface area contributed by atoms with E-state index < -0.39 is 5.97 Å². The second kappa shape index (κ2) is 6.88. The van der Waals surface area contributed by atoms with E-state index >= 15 is 0 Å². The van der Waals surface area contributed by atoms with Gasteiger partial charge < -0.3 is 10.0 Å². The van der Waals surface area contributed by atoms with Gasteiger partial charge in [-0.15, -0.1) is 0 Å². The average molecular weight is 295 g/mol. The van der Waals surface area contributed by atoms with Crippen molar-refractivity contribution in [3.8, 4) is 0 Å². The smallest absolute Gasteiger partial charge is 0.303 e. The molecule has 0 radical (unpaired) electrons. The molecule has 0 spiro atoms. The summed E-state index contributed by atoms with van der Waals surface area (Å²) in [6.45, 7) is 2.70. The summed E-state index contributed by atoms with van der Waals surface area (Å²) in [5.41, 5.74) is 1.06. The average Bonchev–Trinajstić information content (AvgIpc) is 2.98. The normalized spacial score (nSPS) is 20.6. The molecular weight excluding hydrogens is 274 g/mol. The summed E-state index contributed by atoms with van der Waals surface area (Å²) in [4.78, 5) is 25.3. The monoisotopic (exact) mass is 295 g/mol. The van der Waals surface area contributed by atoms with Crippen molar-refractivity contribution in [1.29, 1.82) is 0 Å². The maximum atomic E-state index is 12.6. The van der Waals surface area contributed by atoms with Gasteiger partial charge in [0.25, 0.3) is 0 Å². The highest BCUT2D eigenvalue weighted by molar-refractivity contribution is 7.08. The zero-order valence-electron chi connectivity index (χ0n) is 11.7. The Morgan fingerprint density at radius 2 is 2.30 bits per heavy atom. The van der Waals surface area contributed by atoms with Crippen molar-refractivity contribution < 1.29 is 14.7 Å². The number of nitrogens with zero attached hydrogens (tertiary/aromatic N) is 1. The van der Waals surface area contributed by atoms with E-state index in [2.05, 4.69) is 0 Å². The fraction of sp³-hybridized carbons (Fsp3) is 0.600. The van der Waals surface area contributed by atoms with Gasteiger partial charge in [0, 0.05) is 19.0 Å². The van der Waals surface area contributed by atoms with Crippen LogP contribution in [0.1, 0.15) is 50.5 Å². The number of carbonyl (C=O) groups is 2. The highest BCUT2D eigenvalue weighted by Crippen LogP contribution is 2.27. The lowest BCUT2D eigenvalue weighted by Gasteiger charge is -2.37. The van der Waals surface area contributed by atoms with Crippen LogP contribution in [0.25, 0.3) is 0 Å². The first-order chi connectivity index (χ1) is 9.59. The van der Waals surface area contributed by atoms with Gasteiger partial charge in [-0.1, -0.05) is 0 Å². The number of thiophene rings is 1. The summed E-state index contributed by atoms with van der Waals surface area (Å²) in [5, 5.41) is 12.8. The minimum absolute atomic E-state index is 0.0911. The summed E-state index contributed by atoms with van der Waals surface area (Å²) < 4.78 is 0. The number of aliphatic carboxylic acids is 1. The maximum Gasteiger partial charge on any atom is 0.303 e. The Labute approximate surface area is 123 Å². The second-order valence-corrected chi connectivity index (χ2v) is 6.17. The first-order valence-electron chi connectivity index (χ1n) is 7.14. The molecule has 0 bridgehead atoms. The van der Waals surface area contributed by atoms with Gasteiger partial charge in [-0.25, -0.2) is 0 Å². The molecule has 5 heteroatoms. The lowest BCUT2D eigenvalue weighted by Crippen LogP contribution is -2.45. The van der Waals surface area contributed by atoms with Crippen molar-refractivity contribution in [3.05, 3.63) is 22.4 Å². The topological polar surface area (TPSA) is 57.6 Å². The van der Waals surface area contributed by atoms with Crippen molar-refractivity contribution >= 4 is 23.2 Å². The third-order valence-corrected chi connectivity index (χ3v) is 4.72. The fourth-order valence-electron chi connectivity index (χ4n) is 2.79. The Kier molecular flexibility index (Phi) is 5.17. The van der Waals surface area contributed by atoms with E-state index in [0.29, 0.717) is 6.42 Å². The third-order valence-electron chi connectivity index (χ3n) is 4.02. The van der Waals surface area contributed by atoms with Gasteiger partial charge >= 0.3 is 5.97 Å². The molecule has 20 heavy (non-hydrogen) atoms. The van der Waals surface area contributed by atoms with Crippen LogP contribution in [0.15, 0.2) is 16.8 Å². The molecule has 1 aromatic rings. The minimum atomic E-state index is -0.783. The van der Waals surface area contributed by atoms with E-state index in [1.807, 2.05) is 28.7 Å². The van der Waals surface area contributed by atoms with Crippen molar-refractivity contribution in [3.63, 3.8) is 0 Å². The van der Waals surface area contributed by atoms with Crippen LogP contribution in [-0.4, -0.2) is 34.5 Å². The molecule has 0 aliphatic carbocycles. The Balaban J connectivity index is 2.03. The van der Waals surface area contributed by atoms with Crippen LogP contribution < -0.4 is 0 Å². The Morgan fingerprint density at radius 1 is 1.50 bits per heavy atom. The number of hydrogen-bond donors (Lipinski definition) is 1. The summed E-state index contributed by atoms with van der Waals surface area (Å²) in [6.07, 6.45) is 3.74. The van der Waals surface area contributed by atoms with E-state index in [1.54, 1.807) is 11.3 Å². The summed E-state index contributed by atoms with van der Waals surface area (Å²) in [7, 11) is 0. The van der Waals surface area contributed by atoms with Gasteiger partial charge in [0.05, 0.1) is 5.92 Å². The number of amides is 1. The molecule has 1 aromatic heterocycles. The second-order valence-electron chi connectivity index (χ2n) is 5.39. The zero-order valence-corrected chi connectivity index (χ0v) is 12.6. The third kappa shape index (κ3) is 3.60. The molecular formula is C15H21NO3S. The Morgan fingerprint density at radius 3 is 2.95 bits per heavy atom. The van der Waals surface area contributed by atoms with Crippen LogP contribution in [0, 0.1) is 0 Å². The molecule has 1 saturated heterocycles. The molecule has 110 valence electrons. The van der Waals surface area contributed by atoms with Crippen LogP contribution >= 0.6 is 11.3 Å². The molecule has 0 aromatic carbocycles. The predicted molar refractivity (Wildman–Crippen MR) is 79.0 cm³/mol. The number of hydrogen-bond acceptors (Lipinski definition) is 3. The minimum Gasteiger partial charge on any atom is -0.481 e. The van der Waals surface area contributed by atoms with Crippen LogP contribution in [0.4, 0.5) is 0 Å². The first kappa shape index (κ1) is 15.0. The SMILES string of the molecule is CC(C(=O)N1CCCCC1CCC(=O)O)c1ccsc1. The van der Waals surface area contributed by atoms with Gasteiger partial charge in [-0.2, -0.15) is 11.3 Å². The molecule has 2 unspecified atom stereocenters. The number of carbonyl (C=O) groups excluding carboxylic acids is 1. The summed E-state index contributed by atoms with van der Waals surface area (Å²) in [6, 6.07) is 2.08. The molecule has 2 atom stereocenters. The van der Waals surface area contributed by atoms with E-state index in [1.165, 1.54) is 0 Å². The molecule has 2 rings (SSSR count). The maximum absolute atomic E-state index is 12.6. The van der Waals surface area contributed by atoms with Crippen LogP contribution in [-0.2, 0) is 9.59 Å². The van der Waals surface area contributed by atoms with Crippen LogP contribution in [0.3, 0.4) is 0 Å². The quantitative estimate of drug-likeness (QED) is 0.908. The molecule has 2 heterocycles. The summed E-state index contributed by atoms with van der Waals surface area (Å²) >= 11 is 1.60. The van der Waals surface area contributed by atoms with Gasteiger partial charge in [-0.3, -0.25) is 9.59 Å². The highest BCUT2D eigenvalue weighted by Gasteiger charge is 2.30. The van der Waals surface area contributed by atoms with E-state index in [4.69, 9.17) is 5.11 Å². The molecule has 1 fully saturated rings. The number of carboxylic acids is 1. The molecule has 0 saturated carbocycles. The zero-order chi connectivity index (χ0) is 14.5. The van der Waals surface area contributed by atoms with Crippen molar-refractivity contribution in [2.24, 2.45) is 0 Å². The Hall–Kier alpha value is -1.36. The van der Waals surface area contributed by atoms with Crippen molar-refractivity contribution in [2.45, 2.75) is 51.0 Å². The first-order valence-corrected chi connectivity index (χ1v) is 8.08. The van der Waals surface area contributed by atoms with Gasteiger partial charge in [0.1, 0.15) is 0 Å². The van der Waals surface area contributed by atoms with Crippen molar-refractivity contribution in [2.75, 3.05) is 6.54 Å². The van der Waals surface area contributed by atoms with Gasteiger partial charge in [0.15, 0.2) is 0 Å². The van der Waals surface area contributed by atoms with Crippen LogP contribution in [0.2, 0.25) is 0 Å². The number of likely N-dealkylation sites (tertiary alicyclic amines) is 1. The number of carboxylic acid groups (broad SMARTS) is 1. The predicted octanol–water partition coefficient (Wildman–Crippen LogP) is 3.10. The number of rotatable bonds is 5. The van der Waals surface area contributed by atoms with E-state index in [-0.39, 0.29) is 24.3 Å². The number of piperidine rings is 1. The van der Waals surface area contributed by atoms with E-state index in [0.717, 1.165) is 31.4 Å². The molecule has 1 aliphatic heterocycles. The summed E-state index contributed by atoms with van der Waals surface area (Å²) in [5.74, 6) is -0.779. The van der Waals surface area contributed by atoms with Gasteiger partial charge in [0.2, 0.25) is 5.91 Å². The van der Waals surface area contributed by atoms with E-state index in [9.17, 15) is 9.59 Å². The van der Waals surface area contributed by atoms with Crippen molar-refractivity contribution in [1.82, 2.24) is 4.90 Å². The Bertz CT molecular complexity index is 458. The standard InChI is InChI=1S/C15H21NO3S/c1-11(12-7-9-20-10-12)15(19)16-8-3-2-4-13(16)5-6-14(17)18/h7,9-11,13H,2-6,8H2,1H3,(H,17,18). The molecule has 4 nitrogen and oxygen atoms in total. The lowest BCUT2D eigenvalue weighted by atomic mass is 9.94. The van der Waals surface area contributed by atoms with Crippen LogP contribution in [0.5, 0.6) is 0 Å². The molecule has 1 N–H and O–H groups in total. The lowest BCUT2D eigenvalue weighted by molar-refractivity contribution is -0.140. The molecule has 1 aliphatic rings. The molecule has 1 amide bonds. The largest absolute Gasteiger partial charge is 0.481 e. The highest BCUT2D eigenvalue weighted by atomic mass is 32.1. The van der Waals surface area contributed by atoms with Gasteiger partial charge in [-0.05, 0) is 55.0 Å². The fourth-order valence-corrected chi connectivity index (χ4v) is 3.55.